The lowest BCUT2D eigenvalue weighted by atomic mass is 9.97. The molecule has 10 aromatic rings. The molecule has 0 saturated carbocycles. The SMILES string of the molecule is c1ccc(-c2ccc(-c3nc(-c4ccccc4)nc(-c4ccc5oc6ccc(-c7cccc8oc9ccccc9c78)cc6c5c4)n3)cc2)cc1. The van der Waals surface area contributed by atoms with E-state index in [-0.39, 0.29) is 0 Å². The number of benzene rings is 7. The van der Waals surface area contributed by atoms with Gasteiger partial charge in [0.05, 0.1) is 0 Å². The summed E-state index contributed by atoms with van der Waals surface area (Å²) in [6.45, 7) is 0. The summed E-state index contributed by atoms with van der Waals surface area (Å²) in [5.41, 5.74) is 10.6. The first-order chi connectivity index (χ1) is 24.7. The average Bonchev–Trinajstić information content (AvgIpc) is 3.76. The number of para-hydroxylation sites is 1. The van der Waals surface area contributed by atoms with E-state index in [1.165, 1.54) is 5.56 Å². The minimum atomic E-state index is 0.600. The van der Waals surface area contributed by atoms with Gasteiger partial charge in [-0.05, 0) is 64.7 Å². The standard InChI is InChI=1S/C45H27N3O2/c1-3-10-28(11-4-1)29-18-20-31(21-19-29)44-46-43(30-12-5-2-6-13-30)47-45(48-44)33-23-25-40-37(27-33)36-26-32(22-24-39(36)49-40)34-15-9-17-41-42(34)35-14-7-8-16-38(35)50-41/h1-27H. The number of nitrogens with zero attached hydrogens (tertiary/aromatic N) is 3. The Balaban J connectivity index is 1.11. The van der Waals surface area contributed by atoms with Crippen molar-refractivity contribution in [2.24, 2.45) is 0 Å². The van der Waals surface area contributed by atoms with Crippen LogP contribution in [0.1, 0.15) is 0 Å². The Labute approximate surface area is 287 Å². The van der Waals surface area contributed by atoms with Crippen LogP contribution in [0, 0.1) is 0 Å². The molecule has 0 amide bonds. The van der Waals surface area contributed by atoms with Gasteiger partial charge in [-0.25, -0.2) is 15.0 Å². The van der Waals surface area contributed by atoms with Gasteiger partial charge >= 0.3 is 0 Å². The van der Waals surface area contributed by atoms with Crippen LogP contribution in [0.4, 0.5) is 0 Å². The Morgan fingerprint density at radius 2 is 0.760 bits per heavy atom. The van der Waals surface area contributed by atoms with Gasteiger partial charge in [0, 0.05) is 38.2 Å². The molecule has 0 N–H and O–H groups in total. The third-order valence-corrected chi connectivity index (χ3v) is 9.36. The molecule has 10 rings (SSSR count). The van der Waals surface area contributed by atoms with Crippen LogP contribution >= 0.6 is 0 Å². The van der Waals surface area contributed by atoms with Crippen molar-refractivity contribution in [3.63, 3.8) is 0 Å². The van der Waals surface area contributed by atoms with Gasteiger partial charge in [-0.1, -0.05) is 121 Å². The molecule has 0 saturated heterocycles. The molecular weight excluding hydrogens is 615 g/mol. The topological polar surface area (TPSA) is 65.0 Å². The van der Waals surface area contributed by atoms with Crippen molar-refractivity contribution in [2.75, 3.05) is 0 Å². The first-order valence-electron chi connectivity index (χ1n) is 16.6. The van der Waals surface area contributed by atoms with Crippen LogP contribution < -0.4 is 0 Å². The lowest BCUT2D eigenvalue weighted by Crippen LogP contribution is -2.00. The normalized spacial score (nSPS) is 11.6. The minimum Gasteiger partial charge on any atom is -0.456 e. The van der Waals surface area contributed by atoms with Crippen molar-refractivity contribution < 1.29 is 8.83 Å². The van der Waals surface area contributed by atoms with Crippen LogP contribution in [-0.2, 0) is 0 Å². The molecular formula is C45H27N3O2. The molecule has 0 aliphatic carbocycles. The monoisotopic (exact) mass is 641 g/mol. The van der Waals surface area contributed by atoms with Gasteiger partial charge in [-0.2, -0.15) is 0 Å². The number of hydrogen-bond acceptors (Lipinski definition) is 5. The van der Waals surface area contributed by atoms with E-state index in [2.05, 4.69) is 91.0 Å². The van der Waals surface area contributed by atoms with Crippen molar-refractivity contribution in [1.82, 2.24) is 15.0 Å². The first kappa shape index (κ1) is 28.2. The molecule has 3 aromatic heterocycles. The molecule has 234 valence electrons. The predicted molar refractivity (Wildman–Crippen MR) is 202 cm³/mol. The second-order valence-electron chi connectivity index (χ2n) is 12.4. The van der Waals surface area contributed by atoms with Gasteiger partial charge in [0.25, 0.3) is 0 Å². The van der Waals surface area contributed by atoms with Crippen LogP contribution in [-0.4, -0.2) is 15.0 Å². The summed E-state index contributed by atoms with van der Waals surface area (Å²) in [5.74, 6) is 1.84. The molecule has 0 spiro atoms. The van der Waals surface area contributed by atoms with E-state index >= 15 is 0 Å². The third kappa shape index (κ3) is 4.75. The summed E-state index contributed by atoms with van der Waals surface area (Å²) in [7, 11) is 0. The lowest BCUT2D eigenvalue weighted by molar-refractivity contribution is 0.669. The average molecular weight is 642 g/mol. The number of rotatable bonds is 5. The molecule has 50 heavy (non-hydrogen) atoms. The van der Waals surface area contributed by atoms with Crippen LogP contribution in [0.15, 0.2) is 173 Å². The summed E-state index contributed by atoms with van der Waals surface area (Å²) in [6.07, 6.45) is 0. The molecule has 0 aliphatic heterocycles. The van der Waals surface area contributed by atoms with E-state index in [0.29, 0.717) is 17.5 Å². The summed E-state index contributed by atoms with van der Waals surface area (Å²) < 4.78 is 12.5. The van der Waals surface area contributed by atoms with Crippen molar-refractivity contribution >= 4 is 43.9 Å². The maximum Gasteiger partial charge on any atom is 0.164 e. The van der Waals surface area contributed by atoms with Crippen molar-refractivity contribution in [2.45, 2.75) is 0 Å². The number of fused-ring (bicyclic) bond motifs is 6. The Kier molecular flexibility index (Phi) is 6.42. The second kappa shape index (κ2) is 11.4. The van der Waals surface area contributed by atoms with E-state index in [0.717, 1.165) is 77.3 Å². The van der Waals surface area contributed by atoms with E-state index in [1.807, 2.05) is 72.8 Å². The Morgan fingerprint density at radius 3 is 1.48 bits per heavy atom. The van der Waals surface area contributed by atoms with Crippen molar-refractivity contribution in [1.29, 1.82) is 0 Å². The van der Waals surface area contributed by atoms with Gasteiger partial charge in [0.2, 0.25) is 0 Å². The van der Waals surface area contributed by atoms with Gasteiger partial charge in [-0.3, -0.25) is 0 Å². The van der Waals surface area contributed by atoms with Crippen molar-refractivity contribution in [3.05, 3.63) is 164 Å². The molecule has 0 aliphatic rings. The molecule has 0 fully saturated rings. The Bertz CT molecular complexity index is 2850. The summed E-state index contributed by atoms with van der Waals surface area (Å²) >= 11 is 0. The molecule has 0 unspecified atom stereocenters. The van der Waals surface area contributed by atoms with Gasteiger partial charge in [0.1, 0.15) is 22.3 Å². The van der Waals surface area contributed by atoms with Gasteiger partial charge in [0.15, 0.2) is 17.5 Å². The zero-order valence-corrected chi connectivity index (χ0v) is 26.7. The fourth-order valence-corrected chi connectivity index (χ4v) is 6.89. The smallest absolute Gasteiger partial charge is 0.164 e. The quantitative estimate of drug-likeness (QED) is 0.187. The number of hydrogen-bond donors (Lipinski definition) is 0. The maximum absolute atomic E-state index is 6.34. The molecule has 5 nitrogen and oxygen atoms in total. The zero-order chi connectivity index (χ0) is 33.0. The maximum atomic E-state index is 6.34. The Hall–Kier alpha value is -6.85. The highest BCUT2D eigenvalue weighted by Crippen LogP contribution is 2.40. The summed E-state index contributed by atoms with van der Waals surface area (Å²) in [5, 5.41) is 4.24. The van der Waals surface area contributed by atoms with Crippen LogP contribution in [0.25, 0.3) is 100 Å². The highest BCUT2D eigenvalue weighted by atomic mass is 16.3. The molecule has 5 heteroatoms. The molecule has 0 bridgehead atoms. The van der Waals surface area contributed by atoms with Crippen LogP contribution in [0.2, 0.25) is 0 Å². The largest absolute Gasteiger partial charge is 0.456 e. The van der Waals surface area contributed by atoms with Crippen LogP contribution in [0.3, 0.4) is 0 Å². The highest BCUT2D eigenvalue weighted by molar-refractivity contribution is 6.14. The lowest BCUT2D eigenvalue weighted by Gasteiger charge is -2.09. The van der Waals surface area contributed by atoms with E-state index in [1.54, 1.807) is 0 Å². The zero-order valence-electron chi connectivity index (χ0n) is 26.7. The van der Waals surface area contributed by atoms with Crippen LogP contribution in [0.5, 0.6) is 0 Å². The summed E-state index contributed by atoms with van der Waals surface area (Å²) in [4.78, 5) is 15.0. The summed E-state index contributed by atoms with van der Waals surface area (Å²) in [6, 6.07) is 55.8. The van der Waals surface area contributed by atoms with E-state index in [9.17, 15) is 0 Å². The molecule has 0 atom stereocenters. The minimum absolute atomic E-state index is 0.600. The van der Waals surface area contributed by atoms with Crippen molar-refractivity contribution in [3.8, 4) is 56.4 Å². The van der Waals surface area contributed by atoms with E-state index < -0.39 is 0 Å². The predicted octanol–water partition coefficient (Wildman–Crippen LogP) is 12.0. The van der Waals surface area contributed by atoms with Gasteiger partial charge in [-0.15, -0.1) is 0 Å². The molecule has 0 radical (unpaired) electrons. The Morgan fingerprint density at radius 1 is 0.300 bits per heavy atom. The first-order valence-corrected chi connectivity index (χ1v) is 16.6. The molecule has 7 aromatic carbocycles. The number of aromatic nitrogens is 3. The fraction of sp³-hybridized carbons (Fsp3) is 0. The highest BCUT2D eigenvalue weighted by Gasteiger charge is 2.17. The molecule has 3 heterocycles. The number of furan rings is 2. The van der Waals surface area contributed by atoms with Gasteiger partial charge < -0.3 is 8.83 Å². The van der Waals surface area contributed by atoms with E-state index in [4.69, 9.17) is 23.8 Å². The third-order valence-electron chi connectivity index (χ3n) is 9.36. The fourth-order valence-electron chi connectivity index (χ4n) is 6.89. The second-order valence-corrected chi connectivity index (χ2v) is 12.4.